The summed E-state index contributed by atoms with van der Waals surface area (Å²) in [6, 6.07) is 0.551. The number of hydrogen-bond donors (Lipinski definition) is 1. The summed E-state index contributed by atoms with van der Waals surface area (Å²) in [4.78, 5) is 10.6. The Morgan fingerprint density at radius 2 is 1.90 bits per heavy atom. The quantitative estimate of drug-likeness (QED) is 0.541. The first-order valence-corrected chi connectivity index (χ1v) is 4.15. The number of amides is 1. The Balaban J connectivity index is 1.83. The Morgan fingerprint density at radius 1 is 1.30 bits per heavy atom. The van der Waals surface area contributed by atoms with Crippen LogP contribution >= 0.6 is 0 Å². The molecule has 0 radical (unpaired) electrons. The van der Waals surface area contributed by atoms with Crippen LogP contribution in [0.5, 0.6) is 0 Å². The Hall–Kier alpha value is -0.530. The molecule has 1 saturated carbocycles. The molecule has 1 N–H and O–H groups in total. The van der Waals surface area contributed by atoms with E-state index in [4.69, 9.17) is 0 Å². The molecule has 1 unspecified atom stereocenters. The smallest absolute Gasteiger partial charge is 0.222 e. The molecular weight excluding hydrogens is 126 g/mol. The fourth-order valence-corrected chi connectivity index (χ4v) is 2.03. The van der Waals surface area contributed by atoms with Gasteiger partial charge in [-0.25, -0.2) is 0 Å². The van der Waals surface area contributed by atoms with Gasteiger partial charge in [0, 0.05) is 12.5 Å². The first-order valence-electron chi connectivity index (χ1n) is 4.15. The second-order valence-corrected chi connectivity index (χ2v) is 3.42. The summed E-state index contributed by atoms with van der Waals surface area (Å²) in [6.45, 7) is 0. The molecule has 10 heavy (non-hydrogen) atoms. The summed E-state index contributed by atoms with van der Waals surface area (Å²) >= 11 is 0. The van der Waals surface area contributed by atoms with Crippen molar-refractivity contribution in [2.24, 2.45) is 5.92 Å². The Bertz CT molecular complexity index is 141. The molecule has 0 spiro atoms. The summed E-state index contributed by atoms with van der Waals surface area (Å²) in [6.07, 6.45) is 6.22. The van der Waals surface area contributed by atoms with E-state index < -0.39 is 0 Å². The first kappa shape index (κ1) is 6.20. The van der Waals surface area contributed by atoms with Crippen molar-refractivity contribution < 1.29 is 4.79 Å². The number of carbonyl (C=O) groups is 1. The Labute approximate surface area is 61.0 Å². The van der Waals surface area contributed by atoms with Crippen LogP contribution in [-0.2, 0) is 4.79 Å². The van der Waals surface area contributed by atoms with E-state index in [2.05, 4.69) is 5.32 Å². The average molecular weight is 139 g/mol. The number of β-lactam (4-membered cyclic amide) rings is 1. The summed E-state index contributed by atoms with van der Waals surface area (Å²) in [5.41, 5.74) is 0. The lowest BCUT2D eigenvalue weighted by Gasteiger charge is -2.31. The van der Waals surface area contributed by atoms with Crippen LogP contribution in [0.4, 0.5) is 0 Å². The van der Waals surface area contributed by atoms with Crippen LogP contribution in [0.25, 0.3) is 0 Å². The maximum absolute atomic E-state index is 10.6. The van der Waals surface area contributed by atoms with E-state index >= 15 is 0 Å². The van der Waals surface area contributed by atoms with Gasteiger partial charge in [-0.05, 0) is 18.8 Å². The predicted octanol–water partition coefficient (Wildman–Crippen LogP) is 1.07. The van der Waals surface area contributed by atoms with Crippen molar-refractivity contribution in [3.8, 4) is 0 Å². The summed E-state index contributed by atoms with van der Waals surface area (Å²) in [7, 11) is 0. The van der Waals surface area contributed by atoms with E-state index in [1.165, 1.54) is 25.7 Å². The second kappa shape index (κ2) is 2.26. The topological polar surface area (TPSA) is 29.1 Å². The largest absolute Gasteiger partial charge is 0.353 e. The zero-order chi connectivity index (χ0) is 6.97. The van der Waals surface area contributed by atoms with Gasteiger partial charge >= 0.3 is 0 Å². The Kier molecular flexibility index (Phi) is 1.40. The molecule has 1 amide bonds. The Morgan fingerprint density at radius 3 is 2.40 bits per heavy atom. The van der Waals surface area contributed by atoms with Gasteiger partial charge in [0.1, 0.15) is 0 Å². The highest BCUT2D eigenvalue weighted by Crippen LogP contribution is 2.31. The SMILES string of the molecule is O=C1CC(C2CCCC2)N1. The van der Waals surface area contributed by atoms with Gasteiger partial charge in [-0.2, -0.15) is 0 Å². The molecule has 0 bridgehead atoms. The fourth-order valence-electron chi connectivity index (χ4n) is 2.03. The van der Waals surface area contributed by atoms with Crippen molar-refractivity contribution >= 4 is 5.91 Å². The molecule has 1 heterocycles. The van der Waals surface area contributed by atoms with Crippen molar-refractivity contribution in [1.82, 2.24) is 5.32 Å². The lowest BCUT2D eigenvalue weighted by molar-refractivity contribution is -0.129. The maximum Gasteiger partial charge on any atom is 0.222 e. The van der Waals surface area contributed by atoms with Crippen LogP contribution in [0.3, 0.4) is 0 Å². The highest BCUT2D eigenvalue weighted by Gasteiger charge is 2.33. The van der Waals surface area contributed by atoms with Crippen LogP contribution < -0.4 is 5.32 Å². The summed E-state index contributed by atoms with van der Waals surface area (Å²) in [5.74, 6) is 1.06. The molecule has 56 valence electrons. The number of hydrogen-bond acceptors (Lipinski definition) is 1. The average Bonchev–Trinajstić information content (AvgIpc) is 2.31. The molecule has 2 nitrogen and oxygen atoms in total. The van der Waals surface area contributed by atoms with Crippen LogP contribution in [0.15, 0.2) is 0 Å². The standard InChI is InChI=1S/C8H13NO/c10-8-5-7(9-8)6-3-1-2-4-6/h6-7H,1-5H2,(H,9,10). The third kappa shape index (κ3) is 0.917. The van der Waals surface area contributed by atoms with E-state index in [1.54, 1.807) is 0 Å². The van der Waals surface area contributed by atoms with E-state index in [9.17, 15) is 4.79 Å². The van der Waals surface area contributed by atoms with Crippen LogP contribution in [0.1, 0.15) is 32.1 Å². The molecule has 2 aliphatic rings. The normalized spacial score (nSPS) is 33.6. The highest BCUT2D eigenvalue weighted by atomic mass is 16.2. The zero-order valence-electron chi connectivity index (χ0n) is 6.10. The highest BCUT2D eigenvalue weighted by molar-refractivity contribution is 5.82. The number of rotatable bonds is 1. The second-order valence-electron chi connectivity index (χ2n) is 3.42. The lowest BCUT2D eigenvalue weighted by Crippen LogP contribution is -2.52. The van der Waals surface area contributed by atoms with Crippen LogP contribution in [0, 0.1) is 5.92 Å². The molecule has 0 aromatic rings. The van der Waals surface area contributed by atoms with Crippen molar-refractivity contribution in [3.63, 3.8) is 0 Å². The minimum absolute atomic E-state index is 0.247. The zero-order valence-corrected chi connectivity index (χ0v) is 6.10. The molecule has 2 heteroatoms. The van der Waals surface area contributed by atoms with Gasteiger partial charge in [0.05, 0.1) is 0 Å². The molecule has 1 aliphatic heterocycles. The van der Waals surface area contributed by atoms with Gasteiger partial charge in [-0.15, -0.1) is 0 Å². The third-order valence-corrected chi connectivity index (χ3v) is 2.72. The van der Waals surface area contributed by atoms with Crippen molar-refractivity contribution in [2.75, 3.05) is 0 Å². The van der Waals surface area contributed by atoms with E-state index in [1.807, 2.05) is 0 Å². The van der Waals surface area contributed by atoms with E-state index in [0.717, 1.165) is 12.3 Å². The molecule has 0 aromatic carbocycles. The maximum atomic E-state index is 10.6. The minimum Gasteiger partial charge on any atom is -0.353 e. The molecule has 1 aliphatic carbocycles. The van der Waals surface area contributed by atoms with Gasteiger partial charge in [0.15, 0.2) is 0 Å². The minimum atomic E-state index is 0.247. The molecule has 2 rings (SSSR count). The molecule has 0 aromatic heterocycles. The fraction of sp³-hybridized carbons (Fsp3) is 0.875. The van der Waals surface area contributed by atoms with Gasteiger partial charge in [-0.1, -0.05) is 12.8 Å². The number of nitrogens with one attached hydrogen (secondary N) is 1. The van der Waals surface area contributed by atoms with Gasteiger partial charge in [-0.3, -0.25) is 4.79 Å². The number of carbonyl (C=O) groups excluding carboxylic acids is 1. The van der Waals surface area contributed by atoms with Crippen molar-refractivity contribution in [2.45, 2.75) is 38.1 Å². The van der Waals surface area contributed by atoms with Gasteiger partial charge in [0.2, 0.25) is 5.91 Å². The predicted molar refractivity (Wildman–Crippen MR) is 38.5 cm³/mol. The van der Waals surface area contributed by atoms with E-state index in [-0.39, 0.29) is 5.91 Å². The summed E-state index contributed by atoms with van der Waals surface area (Å²) < 4.78 is 0. The molecule has 1 atom stereocenters. The van der Waals surface area contributed by atoms with E-state index in [0.29, 0.717) is 6.04 Å². The third-order valence-electron chi connectivity index (χ3n) is 2.72. The van der Waals surface area contributed by atoms with Crippen LogP contribution in [-0.4, -0.2) is 11.9 Å². The van der Waals surface area contributed by atoms with Gasteiger partial charge < -0.3 is 5.32 Å². The molecule has 2 fully saturated rings. The molecular formula is C8H13NO. The monoisotopic (exact) mass is 139 g/mol. The molecule has 1 saturated heterocycles. The first-order chi connectivity index (χ1) is 4.86. The summed E-state index contributed by atoms with van der Waals surface area (Å²) in [5, 5.41) is 2.95. The van der Waals surface area contributed by atoms with Crippen molar-refractivity contribution in [3.05, 3.63) is 0 Å². The van der Waals surface area contributed by atoms with Crippen LogP contribution in [0.2, 0.25) is 0 Å². The van der Waals surface area contributed by atoms with Gasteiger partial charge in [0.25, 0.3) is 0 Å². The van der Waals surface area contributed by atoms with Crippen molar-refractivity contribution in [1.29, 1.82) is 0 Å². The lowest BCUT2D eigenvalue weighted by atomic mass is 9.90.